The third-order valence-electron chi connectivity index (χ3n) is 3.23. The predicted octanol–water partition coefficient (Wildman–Crippen LogP) is 3.42. The summed E-state index contributed by atoms with van der Waals surface area (Å²) < 4.78 is 1.35. The van der Waals surface area contributed by atoms with Crippen LogP contribution in [0.15, 0.2) is 24.3 Å². The van der Waals surface area contributed by atoms with Crippen molar-refractivity contribution >= 4 is 28.9 Å². The summed E-state index contributed by atoms with van der Waals surface area (Å²) in [4.78, 5) is 11.0. The maximum absolute atomic E-state index is 11.0. The van der Waals surface area contributed by atoms with Crippen molar-refractivity contribution in [2.24, 2.45) is 0 Å². The Hall–Kier alpha value is -2.25. The highest BCUT2D eigenvalue weighted by Crippen LogP contribution is 2.35. The summed E-state index contributed by atoms with van der Waals surface area (Å²) in [6.45, 7) is 3.46. The summed E-state index contributed by atoms with van der Waals surface area (Å²) in [6, 6.07) is 7.94. The lowest BCUT2D eigenvalue weighted by atomic mass is 10.1. The van der Waals surface area contributed by atoms with Gasteiger partial charge in [0.05, 0.1) is 10.7 Å². The summed E-state index contributed by atoms with van der Waals surface area (Å²) in [5, 5.41) is 23.2. The molecule has 0 aliphatic rings. The van der Waals surface area contributed by atoms with E-state index in [0.29, 0.717) is 21.4 Å². The fraction of sp³-hybridized carbons (Fsp3) is 0.200. The van der Waals surface area contributed by atoms with E-state index in [0.717, 1.165) is 16.1 Å². The first-order chi connectivity index (χ1) is 11.0. The van der Waals surface area contributed by atoms with E-state index in [4.69, 9.17) is 16.7 Å². The molecule has 0 fully saturated rings. The van der Waals surface area contributed by atoms with E-state index >= 15 is 0 Å². The van der Waals surface area contributed by atoms with Gasteiger partial charge in [-0.05, 0) is 19.9 Å². The molecule has 23 heavy (non-hydrogen) atoms. The first kappa shape index (κ1) is 15.6. The average molecular weight is 349 g/mol. The number of nitrogens with zero attached hydrogens (tertiary/aromatic N) is 4. The summed E-state index contributed by atoms with van der Waals surface area (Å²) in [6.07, 6.45) is 0. The smallest absolute Gasteiger partial charge is 0.325 e. The molecule has 0 amide bonds. The van der Waals surface area contributed by atoms with Crippen molar-refractivity contribution < 1.29 is 9.90 Å². The molecule has 118 valence electrons. The molecule has 0 aliphatic heterocycles. The zero-order valence-corrected chi connectivity index (χ0v) is 14.0. The summed E-state index contributed by atoms with van der Waals surface area (Å²) in [7, 11) is 0. The van der Waals surface area contributed by atoms with Crippen molar-refractivity contribution in [1.29, 1.82) is 0 Å². The number of benzene rings is 1. The lowest BCUT2D eigenvalue weighted by Crippen LogP contribution is -2.11. The van der Waals surface area contributed by atoms with Crippen molar-refractivity contribution in [2.75, 3.05) is 0 Å². The summed E-state index contributed by atoms with van der Waals surface area (Å²) in [5.74, 6) is -0.992. The highest BCUT2D eigenvalue weighted by atomic mass is 35.5. The van der Waals surface area contributed by atoms with E-state index in [1.807, 2.05) is 31.2 Å². The maximum atomic E-state index is 11.0. The molecule has 2 heterocycles. The van der Waals surface area contributed by atoms with Crippen LogP contribution in [0.3, 0.4) is 0 Å². The molecule has 3 aromatic rings. The van der Waals surface area contributed by atoms with Crippen molar-refractivity contribution in [3.8, 4) is 21.3 Å². The van der Waals surface area contributed by atoms with Crippen molar-refractivity contribution in [2.45, 2.75) is 20.4 Å². The third kappa shape index (κ3) is 3.11. The SMILES string of the molecule is Cc1cccc(-c2nnc(-c3c(Cl)c(C)nn3CC(=O)O)s2)c1. The van der Waals surface area contributed by atoms with Gasteiger partial charge in [-0.1, -0.05) is 46.7 Å². The number of aromatic nitrogens is 4. The number of rotatable bonds is 4. The van der Waals surface area contributed by atoms with Crippen molar-refractivity contribution in [1.82, 2.24) is 20.0 Å². The number of carboxylic acid groups (broad SMARTS) is 1. The minimum absolute atomic E-state index is 0.276. The number of aliphatic carboxylic acids is 1. The average Bonchev–Trinajstić information content (AvgIpc) is 3.05. The number of aryl methyl sites for hydroxylation is 2. The second kappa shape index (κ2) is 6.10. The van der Waals surface area contributed by atoms with Crippen molar-refractivity contribution in [3.05, 3.63) is 40.5 Å². The molecule has 8 heteroatoms. The van der Waals surface area contributed by atoms with Crippen LogP contribution in [-0.2, 0) is 11.3 Å². The van der Waals surface area contributed by atoms with E-state index in [1.165, 1.54) is 16.0 Å². The molecule has 6 nitrogen and oxygen atoms in total. The van der Waals surface area contributed by atoms with Gasteiger partial charge in [0, 0.05) is 5.56 Å². The van der Waals surface area contributed by atoms with Crippen LogP contribution in [-0.4, -0.2) is 31.1 Å². The molecule has 3 rings (SSSR count). The molecule has 0 bridgehead atoms. The van der Waals surface area contributed by atoms with Gasteiger partial charge in [0.15, 0.2) is 5.01 Å². The van der Waals surface area contributed by atoms with Crippen molar-refractivity contribution in [3.63, 3.8) is 0 Å². The number of carbonyl (C=O) groups is 1. The Labute approximate surface area is 141 Å². The van der Waals surface area contributed by atoms with Crippen LogP contribution < -0.4 is 0 Å². The van der Waals surface area contributed by atoms with Crippen LogP contribution in [0.25, 0.3) is 21.3 Å². The molecule has 0 aliphatic carbocycles. The minimum Gasteiger partial charge on any atom is -0.480 e. The third-order valence-corrected chi connectivity index (χ3v) is 4.66. The first-order valence-corrected chi connectivity index (χ1v) is 8.00. The Morgan fingerprint density at radius 1 is 1.30 bits per heavy atom. The van der Waals surface area contributed by atoms with E-state index in [2.05, 4.69) is 15.3 Å². The van der Waals surface area contributed by atoms with Gasteiger partial charge in [-0.25, -0.2) is 4.68 Å². The van der Waals surface area contributed by atoms with Gasteiger partial charge in [0.25, 0.3) is 0 Å². The maximum Gasteiger partial charge on any atom is 0.325 e. The molecule has 0 spiro atoms. The Bertz CT molecular complexity index is 887. The molecule has 0 saturated heterocycles. The zero-order chi connectivity index (χ0) is 16.6. The fourth-order valence-corrected chi connectivity index (χ4v) is 3.40. The van der Waals surface area contributed by atoms with Crippen LogP contribution in [0, 0.1) is 13.8 Å². The lowest BCUT2D eigenvalue weighted by Gasteiger charge is -2.01. The fourth-order valence-electron chi connectivity index (χ4n) is 2.22. The zero-order valence-electron chi connectivity index (χ0n) is 12.4. The van der Waals surface area contributed by atoms with Crippen LogP contribution in [0.2, 0.25) is 5.02 Å². The quantitative estimate of drug-likeness (QED) is 0.781. The normalized spacial score (nSPS) is 10.9. The van der Waals surface area contributed by atoms with E-state index in [1.54, 1.807) is 6.92 Å². The summed E-state index contributed by atoms with van der Waals surface area (Å²) in [5.41, 5.74) is 3.15. The molecule has 1 N–H and O–H groups in total. The Morgan fingerprint density at radius 2 is 2.04 bits per heavy atom. The molecule has 0 saturated carbocycles. The standard InChI is InChI=1S/C15H13ClN4O2S/c1-8-4-3-5-10(6-8)14-17-18-15(23-14)13-12(16)9(2)19-20(13)7-11(21)22/h3-6H,7H2,1-2H3,(H,21,22). The number of halogens is 1. The van der Waals surface area contributed by atoms with Crippen LogP contribution in [0.4, 0.5) is 0 Å². The largest absolute Gasteiger partial charge is 0.480 e. The van der Waals surface area contributed by atoms with Gasteiger partial charge in [0.2, 0.25) is 0 Å². The van der Waals surface area contributed by atoms with E-state index < -0.39 is 5.97 Å². The Balaban J connectivity index is 2.05. The molecular weight excluding hydrogens is 336 g/mol. The highest BCUT2D eigenvalue weighted by Gasteiger charge is 2.21. The van der Waals surface area contributed by atoms with Gasteiger partial charge in [-0.2, -0.15) is 5.10 Å². The lowest BCUT2D eigenvalue weighted by molar-refractivity contribution is -0.137. The van der Waals surface area contributed by atoms with E-state index in [9.17, 15) is 4.79 Å². The van der Waals surface area contributed by atoms with Crippen LogP contribution in [0.5, 0.6) is 0 Å². The number of hydrogen-bond donors (Lipinski definition) is 1. The molecule has 0 unspecified atom stereocenters. The highest BCUT2D eigenvalue weighted by molar-refractivity contribution is 7.18. The molecule has 2 aromatic heterocycles. The Morgan fingerprint density at radius 3 is 2.74 bits per heavy atom. The molecular formula is C15H13ClN4O2S. The topological polar surface area (TPSA) is 80.9 Å². The van der Waals surface area contributed by atoms with Gasteiger partial charge in [-0.3, -0.25) is 4.79 Å². The van der Waals surface area contributed by atoms with Gasteiger partial charge in [-0.15, -0.1) is 10.2 Å². The first-order valence-electron chi connectivity index (χ1n) is 6.81. The minimum atomic E-state index is -0.992. The predicted molar refractivity (Wildman–Crippen MR) is 88.7 cm³/mol. The van der Waals surface area contributed by atoms with Crippen LogP contribution >= 0.6 is 22.9 Å². The monoisotopic (exact) mass is 348 g/mol. The second-order valence-corrected chi connectivity index (χ2v) is 6.44. The molecule has 0 atom stereocenters. The molecule has 0 radical (unpaired) electrons. The number of carboxylic acids is 1. The van der Waals surface area contributed by atoms with Gasteiger partial charge >= 0.3 is 5.97 Å². The van der Waals surface area contributed by atoms with Crippen LogP contribution in [0.1, 0.15) is 11.3 Å². The second-order valence-electron chi connectivity index (χ2n) is 5.08. The molecule has 1 aromatic carbocycles. The van der Waals surface area contributed by atoms with Gasteiger partial charge in [0.1, 0.15) is 17.2 Å². The van der Waals surface area contributed by atoms with E-state index in [-0.39, 0.29) is 6.54 Å². The Kier molecular flexibility index (Phi) is 4.14. The number of hydrogen-bond acceptors (Lipinski definition) is 5. The summed E-state index contributed by atoms with van der Waals surface area (Å²) >= 11 is 7.63. The van der Waals surface area contributed by atoms with Gasteiger partial charge < -0.3 is 5.11 Å².